The van der Waals surface area contributed by atoms with Crippen LogP contribution in [0.1, 0.15) is 12.0 Å². The molecular formula is C22H19BrFN3OS. The second-order valence-electron chi connectivity index (χ2n) is 6.52. The Bertz CT molecular complexity index is 1010. The number of pyridine rings is 1. The number of anilines is 1. The standard InChI is InChI=1S/C22H19BrFN3OS/c23-16-12-20(28-19-10-7-17(24)8-11-19)21(26-13-16)27-18(14-29-22(27)25)9-6-15-4-2-1-3-5-15/h1-5,7-8,10-14,22H,6,9,25H2. The van der Waals surface area contributed by atoms with Crippen LogP contribution in [0.15, 0.2) is 82.4 Å². The topological polar surface area (TPSA) is 51.4 Å². The number of halogens is 2. The van der Waals surface area contributed by atoms with Crippen LogP contribution >= 0.6 is 27.7 Å². The van der Waals surface area contributed by atoms with Crippen LogP contribution in [-0.2, 0) is 6.42 Å². The van der Waals surface area contributed by atoms with Crippen molar-refractivity contribution in [3.8, 4) is 11.5 Å². The number of benzene rings is 2. The largest absolute Gasteiger partial charge is 0.453 e. The van der Waals surface area contributed by atoms with Crippen molar-refractivity contribution in [1.29, 1.82) is 0 Å². The van der Waals surface area contributed by atoms with Crippen molar-refractivity contribution >= 4 is 33.5 Å². The Kier molecular flexibility index (Phi) is 6.18. The number of aryl methyl sites for hydroxylation is 1. The number of aromatic nitrogens is 1. The zero-order valence-electron chi connectivity index (χ0n) is 15.5. The number of hydrogen-bond donors (Lipinski definition) is 1. The fourth-order valence-electron chi connectivity index (χ4n) is 3.08. The van der Waals surface area contributed by atoms with Crippen LogP contribution in [-0.4, -0.2) is 10.5 Å². The smallest absolute Gasteiger partial charge is 0.178 e. The average Bonchev–Trinajstić information content (AvgIpc) is 3.09. The zero-order chi connectivity index (χ0) is 20.2. The molecule has 2 N–H and O–H groups in total. The number of rotatable bonds is 6. The van der Waals surface area contributed by atoms with Crippen LogP contribution in [0.2, 0.25) is 0 Å². The maximum Gasteiger partial charge on any atom is 0.178 e. The summed E-state index contributed by atoms with van der Waals surface area (Å²) in [6.07, 6.45) is 3.46. The summed E-state index contributed by atoms with van der Waals surface area (Å²) in [5, 5.41) is 2.08. The monoisotopic (exact) mass is 471 g/mol. The van der Waals surface area contributed by atoms with E-state index in [-0.39, 0.29) is 11.3 Å². The van der Waals surface area contributed by atoms with Gasteiger partial charge in [-0.3, -0.25) is 0 Å². The molecule has 2 heterocycles. The van der Waals surface area contributed by atoms with Crippen molar-refractivity contribution < 1.29 is 9.13 Å². The molecule has 3 aromatic rings. The van der Waals surface area contributed by atoms with Crippen molar-refractivity contribution in [3.05, 3.63) is 93.8 Å². The van der Waals surface area contributed by atoms with Gasteiger partial charge in [-0.15, -0.1) is 0 Å². The molecule has 1 aliphatic heterocycles. The van der Waals surface area contributed by atoms with Gasteiger partial charge >= 0.3 is 0 Å². The van der Waals surface area contributed by atoms with Crippen LogP contribution in [0.3, 0.4) is 0 Å². The molecule has 29 heavy (non-hydrogen) atoms. The quantitative estimate of drug-likeness (QED) is 0.474. The highest BCUT2D eigenvalue weighted by Gasteiger charge is 2.29. The van der Waals surface area contributed by atoms with E-state index >= 15 is 0 Å². The molecule has 1 atom stereocenters. The fraction of sp³-hybridized carbons (Fsp3) is 0.136. The van der Waals surface area contributed by atoms with E-state index < -0.39 is 0 Å². The van der Waals surface area contributed by atoms with Gasteiger partial charge in [0.2, 0.25) is 0 Å². The van der Waals surface area contributed by atoms with Crippen molar-refractivity contribution in [2.45, 2.75) is 18.3 Å². The van der Waals surface area contributed by atoms with Crippen LogP contribution in [0.4, 0.5) is 10.2 Å². The summed E-state index contributed by atoms with van der Waals surface area (Å²) in [4.78, 5) is 6.57. The molecule has 0 aliphatic carbocycles. The average molecular weight is 472 g/mol. The van der Waals surface area contributed by atoms with Crippen molar-refractivity contribution in [1.82, 2.24) is 4.98 Å². The lowest BCUT2D eigenvalue weighted by atomic mass is 10.1. The molecule has 1 unspecified atom stereocenters. The highest BCUT2D eigenvalue weighted by molar-refractivity contribution is 9.10. The van der Waals surface area contributed by atoms with E-state index in [4.69, 9.17) is 10.5 Å². The molecule has 0 amide bonds. The van der Waals surface area contributed by atoms with E-state index in [1.807, 2.05) is 29.2 Å². The first-order valence-corrected chi connectivity index (χ1v) is 10.9. The van der Waals surface area contributed by atoms with E-state index in [9.17, 15) is 4.39 Å². The van der Waals surface area contributed by atoms with Gasteiger partial charge in [-0.2, -0.15) is 0 Å². The number of allylic oxidation sites excluding steroid dienone is 1. The number of thioether (sulfide) groups is 1. The van der Waals surface area contributed by atoms with Gasteiger partial charge in [0, 0.05) is 22.4 Å². The molecule has 7 heteroatoms. The molecule has 1 aromatic heterocycles. The van der Waals surface area contributed by atoms with Gasteiger partial charge in [0.25, 0.3) is 0 Å². The third-order valence-electron chi connectivity index (χ3n) is 4.49. The van der Waals surface area contributed by atoms with Gasteiger partial charge in [0.1, 0.15) is 17.1 Å². The van der Waals surface area contributed by atoms with Crippen molar-refractivity contribution in [3.63, 3.8) is 0 Å². The number of ether oxygens (including phenoxy) is 1. The van der Waals surface area contributed by atoms with E-state index in [0.717, 1.165) is 23.0 Å². The van der Waals surface area contributed by atoms with Gasteiger partial charge in [-0.05, 0) is 64.0 Å². The van der Waals surface area contributed by atoms with Gasteiger partial charge in [0.15, 0.2) is 11.6 Å². The van der Waals surface area contributed by atoms with Gasteiger partial charge < -0.3 is 15.4 Å². The summed E-state index contributed by atoms with van der Waals surface area (Å²) in [7, 11) is 0. The first-order valence-electron chi connectivity index (χ1n) is 9.12. The molecule has 0 fully saturated rings. The molecule has 0 saturated heterocycles. The minimum atomic E-state index is -0.311. The molecule has 2 aromatic carbocycles. The Morgan fingerprint density at radius 2 is 1.86 bits per heavy atom. The number of nitrogens with two attached hydrogens (primary N) is 1. The van der Waals surface area contributed by atoms with Gasteiger partial charge in [-0.25, -0.2) is 9.37 Å². The second-order valence-corrected chi connectivity index (χ2v) is 8.43. The Labute approximate surface area is 181 Å². The summed E-state index contributed by atoms with van der Waals surface area (Å²) >= 11 is 5.00. The Morgan fingerprint density at radius 1 is 1.10 bits per heavy atom. The molecule has 4 rings (SSSR count). The maximum atomic E-state index is 13.2. The zero-order valence-corrected chi connectivity index (χ0v) is 17.9. The van der Waals surface area contributed by atoms with Crippen LogP contribution < -0.4 is 15.4 Å². The van der Waals surface area contributed by atoms with Crippen LogP contribution in [0, 0.1) is 5.82 Å². The van der Waals surface area contributed by atoms with E-state index in [1.54, 1.807) is 30.1 Å². The van der Waals surface area contributed by atoms with Gasteiger partial charge in [-0.1, -0.05) is 42.1 Å². The summed E-state index contributed by atoms with van der Waals surface area (Å²) in [6.45, 7) is 0. The summed E-state index contributed by atoms with van der Waals surface area (Å²) in [6, 6.07) is 18.1. The Hall–Kier alpha value is -2.35. The molecule has 0 saturated carbocycles. The molecule has 0 radical (unpaired) electrons. The lowest BCUT2D eigenvalue weighted by Crippen LogP contribution is -2.36. The summed E-state index contributed by atoms with van der Waals surface area (Å²) in [5.41, 5.74) is 8.44. The first-order chi connectivity index (χ1) is 14.1. The molecular weight excluding hydrogens is 453 g/mol. The fourth-order valence-corrected chi connectivity index (χ4v) is 4.28. The minimum Gasteiger partial charge on any atom is -0.453 e. The lowest BCUT2D eigenvalue weighted by Gasteiger charge is -2.27. The third-order valence-corrected chi connectivity index (χ3v) is 5.82. The third kappa shape index (κ3) is 4.80. The highest BCUT2D eigenvalue weighted by atomic mass is 79.9. The van der Waals surface area contributed by atoms with E-state index in [0.29, 0.717) is 17.3 Å². The molecule has 0 bridgehead atoms. The highest BCUT2D eigenvalue weighted by Crippen LogP contribution is 2.41. The van der Waals surface area contributed by atoms with Crippen molar-refractivity contribution in [2.24, 2.45) is 5.73 Å². The summed E-state index contributed by atoms with van der Waals surface area (Å²) in [5.74, 6) is 1.40. The molecule has 4 nitrogen and oxygen atoms in total. The number of nitrogens with zero attached hydrogens (tertiary/aromatic N) is 2. The Morgan fingerprint density at radius 3 is 2.62 bits per heavy atom. The van der Waals surface area contributed by atoms with E-state index in [2.05, 4.69) is 38.5 Å². The SMILES string of the molecule is NC1SC=C(CCc2ccccc2)N1c1ncc(Br)cc1Oc1ccc(F)cc1. The predicted molar refractivity (Wildman–Crippen MR) is 119 cm³/mol. The Balaban J connectivity index is 1.60. The molecule has 0 spiro atoms. The van der Waals surface area contributed by atoms with Gasteiger partial charge in [0.05, 0.1) is 0 Å². The molecule has 148 valence electrons. The lowest BCUT2D eigenvalue weighted by molar-refractivity contribution is 0.477. The van der Waals surface area contributed by atoms with E-state index in [1.165, 1.54) is 17.7 Å². The maximum absolute atomic E-state index is 13.2. The molecule has 1 aliphatic rings. The first kappa shape index (κ1) is 19.9. The van der Waals surface area contributed by atoms with Crippen LogP contribution in [0.25, 0.3) is 0 Å². The number of hydrogen-bond acceptors (Lipinski definition) is 5. The normalized spacial score (nSPS) is 16.0. The minimum absolute atomic E-state index is 0.287. The van der Waals surface area contributed by atoms with Crippen LogP contribution in [0.5, 0.6) is 11.5 Å². The predicted octanol–water partition coefficient (Wildman–Crippen LogP) is 6.05. The summed E-state index contributed by atoms with van der Waals surface area (Å²) < 4.78 is 20.0. The van der Waals surface area contributed by atoms with Crippen molar-refractivity contribution in [2.75, 3.05) is 4.90 Å². The second kappa shape index (κ2) is 8.98.